The van der Waals surface area contributed by atoms with Crippen molar-refractivity contribution < 1.29 is 17.9 Å². The van der Waals surface area contributed by atoms with E-state index in [2.05, 4.69) is 10.0 Å². The van der Waals surface area contributed by atoms with E-state index in [1.807, 2.05) is 20.8 Å². The van der Waals surface area contributed by atoms with Crippen molar-refractivity contribution in [2.24, 2.45) is 0 Å². The minimum absolute atomic E-state index is 0.0539. The second-order valence-corrected chi connectivity index (χ2v) is 6.65. The van der Waals surface area contributed by atoms with Crippen LogP contribution in [0.15, 0.2) is 29.2 Å². The maximum atomic E-state index is 11.9. The summed E-state index contributed by atoms with van der Waals surface area (Å²) in [5.74, 6) is 0.231. The van der Waals surface area contributed by atoms with Gasteiger partial charge in [0.25, 0.3) is 5.91 Å². The molecule has 1 aromatic rings. The van der Waals surface area contributed by atoms with Crippen molar-refractivity contribution in [3.63, 3.8) is 0 Å². The van der Waals surface area contributed by atoms with Crippen LogP contribution in [0.5, 0.6) is 5.75 Å². The smallest absolute Gasteiger partial charge is 0.258 e. The third kappa shape index (κ3) is 6.14. The van der Waals surface area contributed by atoms with Gasteiger partial charge in [0.05, 0.1) is 4.90 Å². The van der Waals surface area contributed by atoms with E-state index >= 15 is 0 Å². The highest BCUT2D eigenvalue weighted by molar-refractivity contribution is 7.89. The highest BCUT2D eigenvalue weighted by atomic mass is 32.2. The number of rotatable bonds is 8. The van der Waals surface area contributed by atoms with Crippen LogP contribution in [0.1, 0.15) is 27.2 Å². The fourth-order valence-corrected chi connectivity index (χ4v) is 2.68. The Hall–Kier alpha value is -1.60. The number of nitrogens with one attached hydrogen (secondary N) is 2. The molecule has 1 rings (SSSR count). The van der Waals surface area contributed by atoms with Gasteiger partial charge in [-0.2, -0.15) is 0 Å². The first-order valence-corrected chi connectivity index (χ1v) is 8.35. The lowest BCUT2D eigenvalue weighted by molar-refractivity contribution is -0.123. The van der Waals surface area contributed by atoms with E-state index in [-0.39, 0.29) is 23.5 Å². The maximum absolute atomic E-state index is 11.9. The van der Waals surface area contributed by atoms with Gasteiger partial charge in [-0.15, -0.1) is 0 Å². The standard InChI is InChI=1S/C14H22N2O4S/c1-4-9-15-21(18,19)13-7-5-12(6-8-13)20-10-14(17)16-11(2)3/h5-8,11,15H,4,9-10H2,1-3H3,(H,16,17). The van der Waals surface area contributed by atoms with Gasteiger partial charge in [-0.3, -0.25) is 4.79 Å². The molecule has 1 aromatic carbocycles. The Morgan fingerprint density at radius 1 is 1.24 bits per heavy atom. The summed E-state index contributed by atoms with van der Waals surface area (Å²) in [5, 5.41) is 2.70. The van der Waals surface area contributed by atoms with Gasteiger partial charge in [-0.1, -0.05) is 6.92 Å². The van der Waals surface area contributed by atoms with Gasteiger partial charge in [0.2, 0.25) is 10.0 Å². The molecule has 0 heterocycles. The van der Waals surface area contributed by atoms with Gasteiger partial charge in [0, 0.05) is 12.6 Å². The Bertz CT molecular complexity index is 553. The molecule has 0 unspecified atom stereocenters. The zero-order valence-corrected chi connectivity index (χ0v) is 13.4. The molecular formula is C14H22N2O4S. The van der Waals surface area contributed by atoms with Crippen LogP contribution in [0.25, 0.3) is 0 Å². The van der Waals surface area contributed by atoms with Crippen molar-refractivity contribution >= 4 is 15.9 Å². The lowest BCUT2D eigenvalue weighted by Gasteiger charge is -2.10. The van der Waals surface area contributed by atoms with Gasteiger partial charge in [0.15, 0.2) is 6.61 Å². The first-order valence-electron chi connectivity index (χ1n) is 6.87. The van der Waals surface area contributed by atoms with Crippen LogP contribution in [-0.4, -0.2) is 33.5 Å². The average Bonchev–Trinajstić information content (AvgIpc) is 2.43. The van der Waals surface area contributed by atoms with Crippen LogP contribution in [0, 0.1) is 0 Å². The predicted molar refractivity (Wildman–Crippen MR) is 80.7 cm³/mol. The van der Waals surface area contributed by atoms with E-state index in [0.29, 0.717) is 12.3 Å². The number of benzene rings is 1. The molecule has 0 bridgehead atoms. The number of hydrogen-bond donors (Lipinski definition) is 2. The molecule has 0 aliphatic heterocycles. The van der Waals surface area contributed by atoms with E-state index in [1.54, 1.807) is 0 Å². The Kier molecular flexibility index (Phi) is 6.64. The number of sulfonamides is 1. The van der Waals surface area contributed by atoms with Crippen LogP contribution in [-0.2, 0) is 14.8 Å². The lowest BCUT2D eigenvalue weighted by atomic mass is 10.3. The lowest BCUT2D eigenvalue weighted by Crippen LogP contribution is -2.34. The molecule has 1 amide bonds. The molecule has 6 nitrogen and oxygen atoms in total. The van der Waals surface area contributed by atoms with Crippen LogP contribution >= 0.6 is 0 Å². The van der Waals surface area contributed by atoms with Crippen molar-refractivity contribution in [1.29, 1.82) is 0 Å². The van der Waals surface area contributed by atoms with Gasteiger partial charge < -0.3 is 10.1 Å². The van der Waals surface area contributed by atoms with Crippen molar-refractivity contribution in [3.05, 3.63) is 24.3 Å². The summed E-state index contributed by atoms with van der Waals surface area (Å²) in [6, 6.07) is 6.02. The summed E-state index contributed by atoms with van der Waals surface area (Å²) in [6.07, 6.45) is 0.728. The van der Waals surface area contributed by atoms with E-state index in [0.717, 1.165) is 6.42 Å². The molecular weight excluding hydrogens is 292 g/mol. The minimum Gasteiger partial charge on any atom is -0.484 e. The first-order chi connectivity index (χ1) is 9.85. The summed E-state index contributed by atoms with van der Waals surface area (Å²) in [4.78, 5) is 11.6. The fraction of sp³-hybridized carbons (Fsp3) is 0.500. The molecule has 21 heavy (non-hydrogen) atoms. The fourth-order valence-electron chi connectivity index (χ4n) is 1.55. The van der Waals surface area contributed by atoms with E-state index in [4.69, 9.17) is 4.74 Å². The zero-order valence-electron chi connectivity index (χ0n) is 12.5. The third-order valence-corrected chi connectivity index (χ3v) is 3.97. The van der Waals surface area contributed by atoms with E-state index in [1.165, 1.54) is 24.3 Å². The van der Waals surface area contributed by atoms with Crippen molar-refractivity contribution in [2.45, 2.75) is 38.1 Å². The molecule has 2 N–H and O–H groups in total. The quantitative estimate of drug-likeness (QED) is 0.757. The molecule has 0 radical (unpaired) electrons. The predicted octanol–water partition coefficient (Wildman–Crippen LogP) is 1.28. The Morgan fingerprint density at radius 2 is 1.86 bits per heavy atom. The molecule has 0 atom stereocenters. The highest BCUT2D eigenvalue weighted by Crippen LogP contribution is 2.15. The minimum atomic E-state index is -3.47. The summed E-state index contributed by atoms with van der Waals surface area (Å²) >= 11 is 0. The van der Waals surface area contributed by atoms with Crippen LogP contribution < -0.4 is 14.8 Å². The van der Waals surface area contributed by atoms with Crippen molar-refractivity contribution in [2.75, 3.05) is 13.2 Å². The molecule has 7 heteroatoms. The second-order valence-electron chi connectivity index (χ2n) is 4.88. The summed E-state index contributed by atoms with van der Waals surface area (Å²) < 4.78 is 31.5. The van der Waals surface area contributed by atoms with Gasteiger partial charge >= 0.3 is 0 Å². The summed E-state index contributed by atoms with van der Waals surface area (Å²) in [5.41, 5.74) is 0. The molecule has 118 valence electrons. The Morgan fingerprint density at radius 3 is 2.38 bits per heavy atom. The third-order valence-electron chi connectivity index (χ3n) is 2.50. The topological polar surface area (TPSA) is 84.5 Å². The molecule has 0 aliphatic carbocycles. The molecule has 0 saturated carbocycles. The van der Waals surface area contributed by atoms with Crippen molar-refractivity contribution in [3.8, 4) is 5.75 Å². The Balaban J connectivity index is 2.60. The molecule has 0 fully saturated rings. The maximum Gasteiger partial charge on any atom is 0.258 e. The number of hydrogen-bond acceptors (Lipinski definition) is 4. The molecule has 0 saturated heterocycles. The van der Waals surface area contributed by atoms with E-state index in [9.17, 15) is 13.2 Å². The molecule has 0 aromatic heterocycles. The number of ether oxygens (including phenoxy) is 1. The average molecular weight is 314 g/mol. The van der Waals surface area contributed by atoms with Crippen LogP contribution in [0.3, 0.4) is 0 Å². The largest absolute Gasteiger partial charge is 0.484 e. The van der Waals surface area contributed by atoms with E-state index < -0.39 is 10.0 Å². The number of amides is 1. The SMILES string of the molecule is CCCNS(=O)(=O)c1ccc(OCC(=O)NC(C)C)cc1. The number of carbonyl (C=O) groups is 1. The van der Waals surface area contributed by atoms with Gasteiger partial charge in [-0.05, 0) is 44.5 Å². The monoisotopic (exact) mass is 314 g/mol. The van der Waals surface area contributed by atoms with Crippen molar-refractivity contribution in [1.82, 2.24) is 10.0 Å². The zero-order chi connectivity index (χ0) is 15.9. The van der Waals surface area contributed by atoms with Crippen LogP contribution in [0.2, 0.25) is 0 Å². The van der Waals surface area contributed by atoms with Crippen LogP contribution in [0.4, 0.5) is 0 Å². The first kappa shape index (κ1) is 17.5. The highest BCUT2D eigenvalue weighted by Gasteiger charge is 2.13. The molecule has 0 spiro atoms. The Labute approximate surface area is 125 Å². The van der Waals surface area contributed by atoms with Gasteiger partial charge in [-0.25, -0.2) is 13.1 Å². The second kappa shape index (κ2) is 7.99. The van der Waals surface area contributed by atoms with Gasteiger partial charge in [0.1, 0.15) is 5.75 Å². The normalized spacial score (nSPS) is 11.4. The summed E-state index contributed by atoms with van der Waals surface area (Å²) in [7, 11) is -3.47. The summed E-state index contributed by atoms with van der Waals surface area (Å²) in [6.45, 7) is 5.91. The number of carbonyl (C=O) groups excluding carboxylic acids is 1. The molecule has 0 aliphatic rings.